The van der Waals surface area contributed by atoms with Crippen LogP contribution in [0.15, 0.2) is 0 Å². The summed E-state index contributed by atoms with van der Waals surface area (Å²) in [6, 6.07) is -1.02. The molecule has 1 aliphatic rings. The molecule has 1 aliphatic heterocycles. The zero-order valence-electron chi connectivity index (χ0n) is 6.87. The van der Waals surface area contributed by atoms with Crippen molar-refractivity contribution in [2.24, 2.45) is 5.73 Å². The Labute approximate surface area is 75.2 Å². The minimum absolute atomic E-state index is 0.366. The van der Waals surface area contributed by atoms with Gasteiger partial charge in [-0.1, -0.05) is 0 Å². The first-order valence-corrected chi connectivity index (χ1v) is 5.10. The zero-order valence-corrected chi connectivity index (χ0v) is 7.69. The van der Waals surface area contributed by atoms with Gasteiger partial charge in [0.1, 0.15) is 6.04 Å². The number of amides is 1. The summed E-state index contributed by atoms with van der Waals surface area (Å²) < 4.78 is 28.8. The van der Waals surface area contributed by atoms with Crippen LogP contribution in [0.5, 0.6) is 0 Å². The molecule has 8 heteroatoms. The molecule has 0 aromatic rings. The molecule has 2 atom stereocenters. The molecule has 0 aromatic heterocycles. The van der Waals surface area contributed by atoms with Crippen molar-refractivity contribution in [3.8, 4) is 0 Å². The molecule has 0 spiro atoms. The third kappa shape index (κ3) is 2.15. The fourth-order valence-corrected chi connectivity index (χ4v) is 1.17. The molecular weight excluding hydrogens is 200 g/mol. The topological polar surface area (TPSA) is 110 Å². The van der Waals surface area contributed by atoms with Gasteiger partial charge in [-0.2, -0.15) is 8.42 Å². The Hall–Kier alpha value is -0.700. The molecule has 0 aliphatic carbocycles. The van der Waals surface area contributed by atoms with E-state index in [0.717, 1.165) is 5.06 Å². The van der Waals surface area contributed by atoms with Gasteiger partial charge in [0.05, 0.1) is 6.04 Å². The van der Waals surface area contributed by atoms with Gasteiger partial charge in [-0.3, -0.25) is 14.2 Å². The first-order chi connectivity index (χ1) is 5.83. The second-order valence-electron chi connectivity index (χ2n) is 2.76. The van der Waals surface area contributed by atoms with E-state index >= 15 is 0 Å². The van der Waals surface area contributed by atoms with E-state index in [0.29, 0.717) is 0 Å². The normalized spacial score (nSPS) is 28.8. The molecule has 76 valence electrons. The molecule has 0 aromatic carbocycles. The lowest BCUT2D eigenvalue weighted by molar-refractivity contribution is -0.221. The van der Waals surface area contributed by atoms with Gasteiger partial charge in [-0.05, 0) is 6.92 Å². The molecule has 13 heavy (non-hydrogen) atoms. The summed E-state index contributed by atoms with van der Waals surface area (Å²) in [5.74, 6) is -1.42. The average Bonchev–Trinajstić information content (AvgIpc) is 2.01. The molecule has 0 bridgehead atoms. The molecule has 0 radical (unpaired) electrons. The maximum Gasteiger partial charge on any atom is 0.292 e. The Morgan fingerprint density at radius 1 is 1.69 bits per heavy atom. The number of β-lactam (4-membered cyclic amide) rings is 1. The van der Waals surface area contributed by atoms with E-state index < -0.39 is 28.0 Å². The van der Waals surface area contributed by atoms with E-state index in [1.165, 1.54) is 0 Å². The van der Waals surface area contributed by atoms with Crippen LogP contribution in [0.25, 0.3) is 0 Å². The minimum atomic E-state index is -4.22. The first kappa shape index (κ1) is 10.4. The van der Waals surface area contributed by atoms with E-state index in [4.69, 9.17) is 10.3 Å². The summed E-state index contributed by atoms with van der Waals surface area (Å²) in [5, 5.41) is 0.832. The molecule has 1 unspecified atom stereocenters. The van der Waals surface area contributed by atoms with Gasteiger partial charge >= 0.3 is 0 Å². The van der Waals surface area contributed by atoms with Crippen molar-refractivity contribution < 1.29 is 22.6 Å². The monoisotopic (exact) mass is 210 g/mol. The Morgan fingerprint density at radius 3 is 2.62 bits per heavy atom. The smallest absolute Gasteiger partial charge is 0.292 e. The lowest BCUT2D eigenvalue weighted by Gasteiger charge is -2.41. The highest BCUT2D eigenvalue weighted by molar-refractivity contribution is 7.85. The summed E-state index contributed by atoms with van der Waals surface area (Å²) in [6.45, 7) is 1.61. The number of hydrogen-bond donors (Lipinski definition) is 2. The molecule has 7 nitrogen and oxygen atoms in total. The number of carbonyl (C=O) groups excluding carboxylic acids is 1. The van der Waals surface area contributed by atoms with Gasteiger partial charge < -0.3 is 5.73 Å². The Bertz CT molecular complexity index is 313. The highest BCUT2D eigenvalue weighted by atomic mass is 32.2. The number of rotatable bonds is 3. The second-order valence-corrected chi connectivity index (χ2v) is 4.16. The standard InChI is InChI=1S/C5H10N2O5S/c1-3-4(6)5(8)7(3)12-2-13(9,10)11/h3-4H,2,6H2,1H3,(H,9,10,11)/t3?,4-/m0/s1. The van der Waals surface area contributed by atoms with Crippen molar-refractivity contribution in [3.05, 3.63) is 0 Å². The molecule has 1 heterocycles. The van der Waals surface area contributed by atoms with E-state index in [9.17, 15) is 13.2 Å². The highest BCUT2D eigenvalue weighted by Crippen LogP contribution is 2.17. The van der Waals surface area contributed by atoms with Gasteiger partial charge in [-0.25, -0.2) is 5.06 Å². The number of hydrogen-bond acceptors (Lipinski definition) is 5. The largest absolute Gasteiger partial charge is 0.318 e. The van der Waals surface area contributed by atoms with Crippen LogP contribution in [0.3, 0.4) is 0 Å². The molecule has 1 fully saturated rings. The predicted octanol–water partition coefficient (Wildman–Crippen LogP) is -1.68. The first-order valence-electron chi connectivity index (χ1n) is 3.49. The van der Waals surface area contributed by atoms with Crippen molar-refractivity contribution in [1.29, 1.82) is 0 Å². The third-order valence-electron chi connectivity index (χ3n) is 1.73. The lowest BCUT2D eigenvalue weighted by Crippen LogP contribution is -2.67. The van der Waals surface area contributed by atoms with Crippen LogP contribution in [-0.2, 0) is 19.8 Å². The molecule has 1 rings (SSSR count). The number of nitrogens with two attached hydrogens (primary N) is 1. The number of nitrogens with zero attached hydrogens (tertiary/aromatic N) is 1. The molecule has 3 N–H and O–H groups in total. The minimum Gasteiger partial charge on any atom is -0.318 e. The SMILES string of the molecule is CC1[C@H](N)C(=O)N1OCS(=O)(=O)O. The highest BCUT2D eigenvalue weighted by Gasteiger charge is 2.43. The van der Waals surface area contributed by atoms with E-state index in [1.807, 2.05) is 0 Å². The second kappa shape index (κ2) is 3.22. The average molecular weight is 210 g/mol. The van der Waals surface area contributed by atoms with Gasteiger partial charge in [0.25, 0.3) is 16.0 Å². The van der Waals surface area contributed by atoms with Crippen LogP contribution in [0.4, 0.5) is 0 Å². The maximum absolute atomic E-state index is 10.9. The van der Waals surface area contributed by atoms with Gasteiger partial charge in [0.15, 0.2) is 0 Å². The zero-order chi connectivity index (χ0) is 10.2. The summed E-state index contributed by atoms with van der Waals surface area (Å²) in [4.78, 5) is 15.4. The van der Waals surface area contributed by atoms with Crippen LogP contribution in [0.1, 0.15) is 6.92 Å². The summed E-state index contributed by atoms with van der Waals surface area (Å²) in [5.41, 5.74) is 5.31. The molecule has 0 saturated carbocycles. The van der Waals surface area contributed by atoms with E-state index in [1.54, 1.807) is 6.92 Å². The fourth-order valence-electron chi connectivity index (χ4n) is 0.922. The quantitative estimate of drug-likeness (QED) is 0.425. The molecule has 1 saturated heterocycles. The fraction of sp³-hybridized carbons (Fsp3) is 0.800. The number of carbonyl (C=O) groups is 1. The van der Waals surface area contributed by atoms with Crippen LogP contribution < -0.4 is 5.73 Å². The Morgan fingerprint density at radius 2 is 2.23 bits per heavy atom. The molecular formula is C5H10N2O5S. The Balaban J connectivity index is 2.45. The predicted molar refractivity (Wildman–Crippen MR) is 41.8 cm³/mol. The maximum atomic E-state index is 10.9. The van der Waals surface area contributed by atoms with Crippen molar-refractivity contribution in [1.82, 2.24) is 5.06 Å². The van der Waals surface area contributed by atoms with Crippen molar-refractivity contribution in [2.75, 3.05) is 5.94 Å². The van der Waals surface area contributed by atoms with Crippen molar-refractivity contribution in [3.63, 3.8) is 0 Å². The van der Waals surface area contributed by atoms with Gasteiger partial charge in [-0.15, -0.1) is 0 Å². The van der Waals surface area contributed by atoms with Gasteiger partial charge in [0, 0.05) is 0 Å². The lowest BCUT2D eigenvalue weighted by atomic mass is 10.0. The van der Waals surface area contributed by atoms with Crippen LogP contribution >= 0.6 is 0 Å². The third-order valence-corrected chi connectivity index (χ3v) is 2.14. The Kier molecular flexibility index (Phi) is 2.57. The van der Waals surface area contributed by atoms with Crippen LogP contribution in [-0.4, -0.2) is 42.0 Å². The molecule has 1 amide bonds. The van der Waals surface area contributed by atoms with Crippen molar-refractivity contribution in [2.45, 2.75) is 19.0 Å². The van der Waals surface area contributed by atoms with E-state index in [2.05, 4.69) is 4.84 Å². The summed E-state index contributed by atoms with van der Waals surface area (Å²) in [6.07, 6.45) is 0. The van der Waals surface area contributed by atoms with Crippen LogP contribution in [0, 0.1) is 0 Å². The number of hydroxylamine groups is 2. The van der Waals surface area contributed by atoms with Crippen LogP contribution in [0.2, 0.25) is 0 Å². The van der Waals surface area contributed by atoms with Crippen molar-refractivity contribution >= 4 is 16.0 Å². The van der Waals surface area contributed by atoms with E-state index in [-0.39, 0.29) is 6.04 Å². The summed E-state index contributed by atoms with van der Waals surface area (Å²) >= 11 is 0. The summed E-state index contributed by atoms with van der Waals surface area (Å²) in [7, 11) is -4.22. The van der Waals surface area contributed by atoms with Gasteiger partial charge in [0.2, 0.25) is 5.94 Å².